The van der Waals surface area contributed by atoms with Crippen LogP contribution in [0.25, 0.3) is 0 Å². The fourth-order valence-electron chi connectivity index (χ4n) is 2.40. The molecule has 0 aromatic carbocycles. The molecule has 2 heterocycles. The van der Waals surface area contributed by atoms with Crippen LogP contribution in [0.5, 0.6) is 0 Å². The molecule has 0 radical (unpaired) electrons. The fourth-order valence-corrected chi connectivity index (χ4v) is 2.64. The maximum atomic E-state index is 11.6. The van der Waals surface area contributed by atoms with E-state index in [1.807, 2.05) is 0 Å². The molecule has 0 saturated carbocycles. The van der Waals surface area contributed by atoms with Crippen molar-refractivity contribution in [3.8, 4) is 0 Å². The van der Waals surface area contributed by atoms with Crippen molar-refractivity contribution in [3.63, 3.8) is 0 Å². The van der Waals surface area contributed by atoms with Gasteiger partial charge in [-0.15, -0.1) is 0 Å². The average Bonchev–Trinajstić information content (AvgIpc) is 2.82. The molecule has 100 valence electrons. The first kappa shape index (κ1) is 13.4. The molecule has 6 heteroatoms. The van der Waals surface area contributed by atoms with Crippen molar-refractivity contribution >= 4 is 17.3 Å². The Kier molecular flexibility index (Phi) is 4.24. The minimum absolute atomic E-state index is 0.216. The van der Waals surface area contributed by atoms with Crippen LogP contribution in [-0.4, -0.2) is 40.4 Å². The molecule has 1 aliphatic rings. The minimum Gasteiger partial charge on any atom is -0.381 e. The third-order valence-corrected chi connectivity index (χ3v) is 3.88. The zero-order valence-corrected chi connectivity index (χ0v) is 11.6. The number of anilines is 1. The lowest BCUT2D eigenvalue weighted by molar-refractivity contribution is 0.277. The highest BCUT2D eigenvalue weighted by Gasteiger charge is 2.22. The summed E-state index contributed by atoms with van der Waals surface area (Å²) in [5.74, 6) is 0. The summed E-state index contributed by atoms with van der Waals surface area (Å²) in [4.78, 5) is 14.1. The van der Waals surface area contributed by atoms with Crippen molar-refractivity contribution in [2.75, 3.05) is 25.0 Å². The maximum absolute atomic E-state index is 11.6. The van der Waals surface area contributed by atoms with Gasteiger partial charge in [0, 0.05) is 19.6 Å². The van der Waals surface area contributed by atoms with Crippen LogP contribution in [0.15, 0.2) is 11.0 Å². The van der Waals surface area contributed by atoms with Crippen molar-refractivity contribution in [1.82, 2.24) is 14.7 Å². The molecule has 0 amide bonds. The van der Waals surface area contributed by atoms with Crippen molar-refractivity contribution in [2.45, 2.75) is 25.8 Å². The van der Waals surface area contributed by atoms with Crippen LogP contribution in [0.2, 0.25) is 5.02 Å². The van der Waals surface area contributed by atoms with Gasteiger partial charge in [-0.1, -0.05) is 18.5 Å². The lowest BCUT2D eigenvalue weighted by Gasteiger charge is -2.23. The normalized spacial score (nSPS) is 20.3. The number of nitrogens with one attached hydrogen (secondary N) is 1. The molecule has 2 rings (SSSR count). The summed E-state index contributed by atoms with van der Waals surface area (Å²) < 4.78 is 1.24. The van der Waals surface area contributed by atoms with Gasteiger partial charge in [-0.25, -0.2) is 4.68 Å². The van der Waals surface area contributed by atoms with Crippen LogP contribution in [0.3, 0.4) is 0 Å². The third kappa shape index (κ3) is 2.67. The van der Waals surface area contributed by atoms with Crippen LogP contribution in [0.1, 0.15) is 19.8 Å². The Bertz CT molecular complexity index is 474. The Morgan fingerprint density at radius 1 is 1.61 bits per heavy atom. The molecule has 1 saturated heterocycles. The average molecular weight is 271 g/mol. The monoisotopic (exact) mass is 270 g/mol. The summed E-state index contributed by atoms with van der Waals surface area (Å²) in [5, 5.41) is 7.42. The van der Waals surface area contributed by atoms with Crippen LogP contribution < -0.4 is 10.9 Å². The topological polar surface area (TPSA) is 50.2 Å². The van der Waals surface area contributed by atoms with E-state index in [2.05, 4.69) is 22.2 Å². The van der Waals surface area contributed by atoms with Gasteiger partial charge in [0.25, 0.3) is 5.56 Å². The van der Waals surface area contributed by atoms with E-state index in [9.17, 15) is 4.79 Å². The molecule has 0 bridgehead atoms. The van der Waals surface area contributed by atoms with E-state index < -0.39 is 0 Å². The van der Waals surface area contributed by atoms with E-state index >= 15 is 0 Å². The van der Waals surface area contributed by atoms with Gasteiger partial charge in [0.2, 0.25) is 0 Å². The van der Waals surface area contributed by atoms with E-state index in [4.69, 9.17) is 11.6 Å². The largest absolute Gasteiger partial charge is 0.381 e. The van der Waals surface area contributed by atoms with E-state index in [1.165, 1.54) is 17.5 Å². The van der Waals surface area contributed by atoms with Gasteiger partial charge >= 0.3 is 0 Å². The van der Waals surface area contributed by atoms with E-state index in [-0.39, 0.29) is 10.6 Å². The number of rotatable bonds is 4. The van der Waals surface area contributed by atoms with Crippen molar-refractivity contribution in [3.05, 3.63) is 21.6 Å². The molecule has 1 fully saturated rings. The number of aryl methyl sites for hydroxylation is 1. The van der Waals surface area contributed by atoms with Crippen LogP contribution in [0, 0.1) is 0 Å². The molecule has 1 aromatic rings. The number of likely N-dealkylation sites (N-methyl/N-ethyl adjacent to an activating group) is 1. The number of aromatic nitrogens is 2. The molecular weight excluding hydrogens is 252 g/mol. The number of likely N-dealkylation sites (tertiary alicyclic amines) is 1. The molecule has 1 unspecified atom stereocenters. The van der Waals surface area contributed by atoms with Gasteiger partial charge in [-0.05, 0) is 25.9 Å². The summed E-state index contributed by atoms with van der Waals surface area (Å²) >= 11 is 6.00. The Balaban J connectivity index is 2.02. The quantitative estimate of drug-likeness (QED) is 0.897. The lowest BCUT2D eigenvalue weighted by atomic mass is 10.2. The van der Waals surface area contributed by atoms with E-state index in [0.717, 1.165) is 19.6 Å². The number of hydrogen-bond acceptors (Lipinski definition) is 4. The van der Waals surface area contributed by atoms with E-state index in [0.29, 0.717) is 11.7 Å². The highest BCUT2D eigenvalue weighted by Crippen LogP contribution is 2.19. The fraction of sp³-hybridized carbons (Fsp3) is 0.667. The Labute approximate surface area is 112 Å². The molecule has 5 nitrogen and oxygen atoms in total. The summed E-state index contributed by atoms with van der Waals surface area (Å²) in [6, 6.07) is 0.523. The molecule has 0 aliphatic carbocycles. The second-order valence-electron chi connectivity index (χ2n) is 4.61. The van der Waals surface area contributed by atoms with Gasteiger partial charge in [0.15, 0.2) is 0 Å². The zero-order valence-electron chi connectivity index (χ0n) is 10.8. The summed E-state index contributed by atoms with van der Waals surface area (Å²) in [6.45, 7) is 5.20. The van der Waals surface area contributed by atoms with Gasteiger partial charge < -0.3 is 5.32 Å². The van der Waals surface area contributed by atoms with Crippen LogP contribution >= 0.6 is 11.6 Å². The second-order valence-corrected chi connectivity index (χ2v) is 4.98. The third-order valence-electron chi connectivity index (χ3n) is 3.51. The molecule has 1 atom stereocenters. The predicted molar refractivity (Wildman–Crippen MR) is 73.2 cm³/mol. The summed E-state index contributed by atoms with van der Waals surface area (Å²) in [7, 11) is 1.59. The number of hydrogen-bond donors (Lipinski definition) is 1. The first-order chi connectivity index (χ1) is 8.63. The molecule has 1 aromatic heterocycles. The highest BCUT2D eigenvalue weighted by atomic mass is 35.5. The molecule has 1 N–H and O–H groups in total. The molecule has 0 spiro atoms. The van der Waals surface area contributed by atoms with Crippen molar-refractivity contribution in [1.29, 1.82) is 0 Å². The molecular formula is C12H19ClN4O. The first-order valence-corrected chi connectivity index (χ1v) is 6.71. The summed E-state index contributed by atoms with van der Waals surface area (Å²) in [5.41, 5.74) is 0.364. The van der Waals surface area contributed by atoms with Crippen molar-refractivity contribution < 1.29 is 0 Å². The van der Waals surface area contributed by atoms with Gasteiger partial charge in [-0.3, -0.25) is 9.69 Å². The van der Waals surface area contributed by atoms with Crippen LogP contribution in [0.4, 0.5) is 5.69 Å². The Morgan fingerprint density at radius 2 is 2.39 bits per heavy atom. The van der Waals surface area contributed by atoms with Gasteiger partial charge in [-0.2, -0.15) is 5.10 Å². The molecule has 1 aliphatic heterocycles. The Morgan fingerprint density at radius 3 is 3.11 bits per heavy atom. The first-order valence-electron chi connectivity index (χ1n) is 6.33. The standard InChI is InChI=1S/C12H19ClN4O/c1-3-17-6-4-5-9(17)7-14-10-8-15-16(2)12(18)11(10)13/h8-9,14H,3-7H2,1-2H3. The summed E-state index contributed by atoms with van der Waals surface area (Å²) in [6.07, 6.45) is 4.04. The predicted octanol–water partition coefficient (Wildman–Crippen LogP) is 1.33. The highest BCUT2D eigenvalue weighted by molar-refractivity contribution is 6.32. The minimum atomic E-state index is -0.263. The SMILES string of the molecule is CCN1CCCC1CNc1cnn(C)c(=O)c1Cl. The molecule has 18 heavy (non-hydrogen) atoms. The smallest absolute Gasteiger partial charge is 0.287 e. The lowest BCUT2D eigenvalue weighted by Crippen LogP contribution is -2.35. The van der Waals surface area contributed by atoms with Gasteiger partial charge in [0.05, 0.1) is 11.9 Å². The number of halogens is 1. The number of nitrogens with zero attached hydrogens (tertiary/aromatic N) is 3. The Hall–Kier alpha value is -1.07. The maximum Gasteiger partial charge on any atom is 0.287 e. The van der Waals surface area contributed by atoms with E-state index in [1.54, 1.807) is 13.2 Å². The van der Waals surface area contributed by atoms with Crippen molar-refractivity contribution in [2.24, 2.45) is 7.05 Å². The zero-order chi connectivity index (χ0) is 13.1. The van der Waals surface area contributed by atoms with Crippen LogP contribution in [-0.2, 0) is 7.05 Å². The van der Waals surface area contributed by atoms with Gasteiger partial charge in [0.1, 0.15) is 5.02 Å². The second kappa shape index (κ2) is 5.71.